The maximum atomic E-state index is 4.39. The zero-order valence-corrected chi connectivity index (χ0v) is 10.4. The summed E-state index contributed by atoms with van der Waals surface area (Å²) in [6.45, 7) is 2.33. The molecule has 1 atom stereocenters. The number of nitrogens with zero attached hydrogens (tertiary/aromatic N) is 2. The molecule has 0 saturated carbocycles. The lowest BCUT2D eigenvalue weighted by atomic mass is 9.89. The number of nitrogens with one attached hydrogen (secondary N) is 1. The number of thiophene rings is 1. The molecule has 0 saturated heterocycles. The molecule has 84 valence electrons. The summed E-state index contributed by atoms with van der Waals surface area (Å²) in [4.78, 5) is 11.4. The SMILES string of the molecule is CNc1ncnc2sc3c(c12)CC[C@@H](C)C3. The molecule has 1 N–H and O–H groups in total. The van der Waals surface area contributed by atoms with Gasteiger partial charge in [-0.25, -0.2) is 9.97 Å². The zero-order chi connectivity index (χ0) is 11.1. The minimum atomic E-state index is 0.812. The molecular weight excluding hydrogens is 218 g/mol. The second kappa shape index (κ2) is 3.70. The Balaban J connectivity index is 2.26. The Morgan fingerprint density at radius 2 is 2.31 bits per heavy atom. The summed E-state index contributed by atoms with van der Waals surface area (Å²) in [5, 5.41) is 4.43. The number of rotatable bonds is 1. The molecule has 0 spiro atoms. The van der Waals surface area contributed by atoms with Gasteiger partial charge in [-0.1, -0.05) is 6.92 Å². The standard InChI is InChI=1S/C12H15N3S/c1-7-3-4-8-9(5-7)16-12-10(8)11(13-2)14-6-15-12/h6-7H,3-5H2,1-2H3,(H,13,14,15)/t7-/m1/s1. The van der Waals surface area contributed by atoms with Crippen LogP contribution in [0.2, 0.25) is 0 Å². The predicted octanol–water partition coefficient (Wildman–Crippen LogP) is 2.86. The van der Waals surface area contributed by atoms with Crippen LogP contribution in [0.4, 0.5) is 5.82 Å². The molecule has 0 bridgehead atoms. The molecule has 1 aliphatic rings. The first-order chi connectivity index (χ1) is 7.79. The highest BCUT2D eigenvalue weighted by atomic mass is 32.1. The molecule has 1 aliphatic carbocycles. The first kappa shape index (κ1) is 10.0. The topological polar surface area (TPSA) is 37.8 Å². The Labute approximate surface area is 98.9 Å². The molecule has 2 aromatic rings. The molecule has 0 unspecified atom stereocenters. The Morgan fingerprint density at radius 3 is 3.12 bits per heavy atom. The normalized spacial score (nSPS) is 19.8. The second-order valence-corrected chi connectivity index (χ2v) is 5.59. The van der Waals surface area contributed by atoms with Crippen LogP contribution in [-0.2, 0) is 12.8 Å². The van der Waals surface area contributed by atoms with Gasteiger partial charge < -0.3 is 5.32 Å². The summed E-state index contributed by atoms with van der Waals surface area (Å²) in [5.41, 5.74) is 1.49. The molecule has 0 amide bonds. The summed E-state index contributed by atoms with van der Waals surface area (Å²) < 4.78 is 0. The summed E-state index contributed by atoms with van der Waals surface area (Å²) in [6, 6.07) is 0. The van der Waals surface area contributed by atoms with Crippen molar-refractivity contribution in [1.82, 2.24) is 9.97 Å². The van der Waals surface area contributed by atoms with Gasteiger partial charge >= 0.3 is 0 Å². The monoisotopic (exact) mass is 233 g/mol. The highest BCUT2D eigenvalue weighted by Gasteiger charge is 2.22. The van der Waals surface area contributed by atoms with Crippen molar-refractivity contribution >= 4 is 27.4 Å². The van der Waals surface area contributed by atoms with Gasteiger partial charge in [0.25, 0.3) is 0 Å². The van der Waals surface area contributed by atoms with Crippen molar-refractivity contribution in [2.45, 2.75) is 26.2 Å². The van der Waals surface area contributed by atoms with E-state index in [4.69, 9.17) is 0 Å². The molecule has 4 heteroatoms. The number of hydrogen-bond acceptors (Lipinski definition) is 4. The Morgan fingerprint density at radius 1 is 1.44 bits per heavy atom. The fourth-order valence-electron chi connectivity index (χ4n) is 2.46. The van der Waals surface area contributed by atoms with Crippen LogP contribution in [0.25, 0.3) is 10.2 Å². The Bertz CT molecular complexity index is 532. The highest BCUT2D eigenvalue weighted by Crippen LogP contribution is 2.39. The van der Waals surface area contributed by atoms with E-state index in [0.29, 0.717) is 0 Å². The van der Waals surface area contributed by atoms with Gasteiger partial charge in [-0.05, 0) is 30.7 Å². The third-order valence-electron chi connectivity index (χ3n) is 3.33. The van der Waals surface area contributed by atoms with E-state index in [0.717, 1.165) is 16.6 Å². The Hall–Kier alpha value is -1.16. The second-order valence-electron chi connectivity index (χ2n) is 4.50. The third-order valence-corrected chi connectivity index (χ3v) is 4.49. The van der Waals surface area contributed by atoms with Crippen molar-refractivity contribution in [1.29, 1.82) is 0 Å². The lowest BCUT2D eigenvalue weighted by Gasteiger charge is -2.18. The van der Waals surface area contributed by atoms with Crippen LogP contribution in [0.3, 0.4) is 0 Å². The number of aryl methyl sites for hydroxylation is 1. The van der Waals surface area contributed by atoms with Crippen LogP contribution in [0.1, 0.15) is 23.8 Å². The van der Waals surface area contributed by atoms with Gasteiger partial charge in [0.1, 0.15) is 17.0 Å². The van der Waals surface area contributed by atoms with Gasteiger partial charge in [-0.2, -0.15) is 0 Å². The summed E-state index contributed by atoms with van der Waals surface area (Å²) >= 11 is 1.84. The minimum Gasteiger partial charge on any atom is -0.372 e. The van der Waals surface area contributed by atoms with E-state index in [1.165, 1.54) is 35.1 Å². The average molecular weight is 233 g/mol. The van der Waals surface area contributed by atoms with Gasteiger partial charge in [0.2, 0.25) is 0 Å². The van der Waals surface area contributed by atoms with Gasteiger partial charge in [0.05, 0.1) is 5.39 Å². The van der Waals surface area contributed by atoms with E-state index in [1.54, 1.807) is 6.33 Å². The van der Waals surface area contributed by atoms with Crippen molar-refractivity contribution in [3.05, 3.63) is 16.8 Å². The van der Waals surface area contributed by atoms with E-state index < -0.39 is 0 Å². The molecule has 0 aliphatic heterocycles. The average Bonchev–Trinajstić information content (AvgIpc) is 2.65. The van der Waals surface area contributed by atoms with Crippen molar-refractivity contribution in [2.24, 2.45) is 5.92 Å². The summed E-state index contributed by atoms with van der Waals surface area (Å²) in [7, 11) is 1.93. The first-order valence-electron chi connectivity index (χ1n) is 5.72. The van der Waals surface area contributed by atoms with Crippen LogP contribution >= 0.6 is 11.3 Å². The molecule has 2 heterocycles. The highest BCUT2D eigenvalue weighted by molar-refractivity contribution is 7.19. The maximum Gasteiger partial charge on any atom is 0.138 e. The summed E-state index contributed by atoms with van der Waals surface area (Å²) in [6.07, 6.45) is 5.33. The van der Waals surface area contributed by atoms with Crippen LogP contribution in [0.15, 0.2) is 6.33 Å². The number of hydrogen-bond donors (Lipinski definition) is 1. The van der Waals surface area contributed by atoms with E-state index in [1.807, 2.05) is 18.4 Å². The molecule has 3 nitrogen and oxygen atoms in total. The smallest absolute Gasteiger partial charge is 0.138 e. The van der Waals surface area contributed by atoms with Crippen LogP contribution in [0.5, 0.6) is 0 Å². The molecule has 0 radical (unpaired) electrons. The van der Waals surface area contributed by atoms with Crippen molar-refractivity contribution in [3.8, 4) is 0 Å². The lowest BCUT2D eigenvalue weighted by Crippen LogP contribution is -2.09. The molecule has 3 rings (SSSR count). The first-order valence-corrected chi connectivity index (χ1v) is 6.54. The predicted molar refractivity (Wildman–Crippen MR) is 68.2 cm³/mol. The molecule has 0 fully saturated rings. The summed E-state index contributed by atoms with van der Waals surface area (Å²) in [5.74, 6) is 1.80. The number of anilines is 1. The quantitative estimate of drug-likeness (QED) is 0.823. The van der Waals surface area contributed by atoms with E-state index in [2.05, 4.69) is 22.2 Å². The fraction of sp³-hybridized carbons (Fsp3) is 0.500. The maximum absolute atomic E-state index is 4.39. The zero-order valence-electron chi connectivity index (χ0n) is 9.58. The minimum absolute atomic E-state index is 0.812. The molecule has 16 heavy (non-hydrogen) atoms. The van der Waals surface area contributed by atoms with Crippen LogP contribution in [0, 0.1) is 5.92 Å². The van der Waals surface area contributed by atoms with Crippen LogP contribution < -0.4 is 5.32 Å². The van der Waals surface area contributed by atoms with Gasteiger partial charge in [-0.3, -0.25) is 0 Å². The van der Waals surface area contributed by atoms with Crippen molar-refractivity contribution in [3.63, 3.8) is 0 Å². The van der Waals surface area contributed by atoms with Crippen molar-refractivity contribution in [2.75, 3.05) is 12.4 Å². The number of aromatic nitrogens is 2. The fourth-order valence-corrected chi connectivity index (χ4v) is 3.82. The molecule has 2 aromatic heterocycles. The van der Waals surface area contributed by atoms with Gasteiger partial charge in [-0.15, -0.1) is 11.3 Å². The van der Waals surface area contributed by atoms with Gasteiger partial charge in [0.15, 0.2) is 0 Å². The van der Waals surface area contributed by atoms with E-state index >= 15 is 0 Å². The largest absolute Gasteiger partial charge is 0.372 e. The van der Waals surface area contributed by atoms with Crippen LogP contribution in [-0.4, -0.2) is 17.0 Å². The number of fused-ring (bicyclic) bond motifs is 3. The molecular formula is C12H15N3S. The lowest BCUT2D eigenvalue weighted by molar-refractivity contribution is 0.509. The van der Waals surface area contributed by atoms with Crippen molar-refractivity contribution < 1.29 is 0 Å². The molecule has 0 aromatic carbocycles. The Kier molecular flexibility index (Phi) is 2.32. The van der Waals surface area contributed by atoms with E-state index in [-0.39, 0.29) is 0 Å². The van der Waals surface area contributed by atoms with E-state index in [9.17, 15) is 0 Å². The third kappa shape index (κ3) is 1.40. The van der Waals surface area contributed by atoms with Gasteiger partial charge in [0, 0.05) is 11.9 Å².